The Morgan fingerprint density at radius 2 is 1.92 bits per heavy atom. The molecule has 1 aliphatic heterocycles. The van der Waals surface area contributed by atoms with Gasteiger partial charge < -0.3 is 26.4 Å². The number of ether oxygens (including phenoxy) is 1. The van der Waals surface area contributed by atoms with Gasteiger partial charge in [0, 0.05) is 31.9 Å². The van der Waals surface area contributed by atoms with Crippen molar-refractivity contribution in [3.05, 3.63) is 29.8 Å². The van der Waals surface area contributed by atoms with Gasteiger partial charge in [-0.15, -0.1) is 0 Å². The van der Waals surface area contributed by atoms with E-state index in [2.05, 4.69) is 20.9 Å². The SMILES string of the molecule is C[C@H](NC(=O)NCCN1CCOCC1)c1ccc(NC(N)=O)cc1. The molecule has 1 heterocycles. The Hall–Kier alpha value is -2.32. The molecule has 4 amide bonds. The maximum absolute atomic E-state index is 11.9. The number of anilines is 1. The Morgan fingerprint density at radius 3 is 2.54 bits per heavy atom. The number of hydrogen-bond donors (Lipinski definition) is 4. The second-order valence-corrected chi connectivity index (χ2v) is 5.69. The number of carbonyl (C=O) groups is 2. The standard InChI is InChI=1S/C16H25N5O3/c1-12(13-2-4-14(5-3-13)20-15(17)22)19-16(23)18-6-7-21-8-10-24-11-9-21/h2-5,12H,6-11H2,1H3,(H3,17,20,22)(H2,18,19,23)/t12-/m0/s1. The quantitative estimate of drug-likeness (QED) is 0.618. The van der Waals surface area contributed by atoms with E-state index < -0.39 is 6.03 Å². The van der Waals surface area contributed by atoms with E-state index in [-0.39, 0.29) is 12.1 Å². The summed E-state index contributed by atoms with van der Waals surface area (Å²) in [7, 11) is 0. The molecule has 0 aromatic heterocycles. The number of morpholine rings is 1. The Labute approximate surface area is 141 Å². The second kappa shape index (κ2) is 9.09. The van der Waals surface area contributed by atoms with E-state index in [0.29, 0.717) is 12.2 Å². The smallest absolute Gasteiger partial charge is 0.316 e. The molecule has 1 fully saturated rings. The van der Waals surface area contributed by atoms with Gasteiger partial charge in [0.1, 0.15) is 0 Å². The van der Waals surface area contributed by atoms with Crippen LogP contribution in [0.4, 0.5) is 15.3 Å². The van der Waals surface area contributed by atoms with Crippen molar-refractivity contribution >= 4 is 17.7 Å². The maximum Gasteiger partial charge on any atom is 0.316 e. The van der Waals surface area contributed by atoms with Crippen molar-refractivity contribution in [2.75, 3.05) is 44.7 Å². The van der Waals surface area contributed by atoms with Gasteiger partial charge in [-0.2, -0.15) is 0 Å². The molecule has 1 aromatic carbocycles. The highest BCUT2D eigenvalue weighted by Crippen LogP contribution is 2.15. The largest absolute Gasteiger partial charge is 0.379 e. The van der Waals surface area contributed by atoms with Gasteiger partial charge in [0.25, 0.3) is 0 Å². The van der Waals surface area contributed by atoms with Crippen LogP contribution in [0.25, 0.3) is 0 Å². The highest BCUT2D eigenvalue weighted by atomic mass is 16.5. The van der Waals surface area contributed by atoms with Gasteiger partial charge in [-0.25, -0.2) is 9.59 Å². The van der Waals surface area contributed by atoms with E-state index in [1.165, 1.54) is 0 Å². The van der Waals surface area contributed by atoms with Crippen LogP contribution in [0.3, 0.4) is 0 Å². The first kappa shape index (κ1) is 18.0. The molecule has 2 rings (SSSR count). The second-order valence-electron chi connectivity index (χ2n) is 5.69. The molecule has 8 heteroatoms. The van der Waals surface area contributed by atoms with Crippen molar-refractivity contribution in [3.63, 3.8) is 0 Å². The molecule has 0 saturated carbocycles. The lowest BCUT2D eigenvalue weighted by Gasteiger charge is -2.26. The summed E-state index contributed by atoms with van der Waals surface area (Å²) in [5, 5.41) is 8.25. The third-order valence-corrected chi connectivity index (χ3v) is 3.84. The molecule has 1 saturated heterocycles. The van der Waals surface area contributed by atoms with Crippen molar-refractivity contribution in [3.8, 4) is 0 Å². The van der Waals surface area contributed by atoms with Crippen LogP contribution in [0.15, 0.2) is 24.3 Å². The Bertz CT molecular complexity index is 543. The van der Waals surface area contributed by atoms with Gasteiger partial charge in [0.2, 0.25) is 0 Å². The van der Waals surface area contributed by atoms with Gasteiger partial charge in [0.05, 0.1) is 19.3 Å². The van der Waals surface area contributed by atoms with Crippen molar-refractivity contribution < 1.29 is 14.3 Å². The third kappa shape index (κ3) is 6.05. The zero-order valence-electron chi connectivity index (χ0n) is 13.9. The van der Waals surface area contributed by atoms with Crippen molar-refractivity contribution in [1.82, 2.24) is 15.5 Å². The van der Waals surface area contributed by atoms with Crippen LogP contribution in [0, 0.1) is 0 Å². The van der Waals surface area contributed by atoms with Gasteiger partial charge in [0.15, 0.2) is 0 Å². The van der Waals surface area contributed by atoms with Crippen LogP contribution in [0.1, 0.15) is 18.5 Å². The Morgan fingerprint density at radius 1 is 1.25 bits per heavy atom. The molecule has 132 valence electrons. The molecule has 1 atom stereocenters. The summed E-state index contributed by atoms with van der Waals surface area (Å²) in [6, 6.07) is 6.22. The number of rotatable bonds is 6. The summed E-state index contributed by atoms with van der Waals surface area (Å²) in [6.07, 6.45) is 0. The highest BCUT2D eigenvalue weighted by Gasteiger charge is 2.12. The van der Waals surface area contributed by atoms with E-state index in [1.807, 2.05) is 19.1 Å². The predicted octanol–water partition coefficient (Wildman–Crippen LogP) is 0.870. The number of hydrogen-bond acceptors (Lipinski definition) is 4. The molecular weight excluding hydrogens is 310 g/mol. The Kier molecular flexibility index (Phi) is 6.83. The summed E-state index contributed by atoms with van der Waals surface area (Å²) in [5.41, 5.74) is 6.62. The van der Waals surface area contributed by atoms with Gasteiger partial charge in [-0.05, 0) is 24.6 Å². The highest BCUT2D eigenvalue weighted by molar-refractivity contribution is 5.87. The summed E-state index contributed by atoms with van der Waals surface area (Å²) < 4.78 is 5.29. The first-order chi connectivity index (χ1) is 11.5. The average molecular weight is 335 g/mol. The van der Waals surface area contributed by atoms with Gasteiger partial charge in [-0.1, -0.05) is 12.1 Å². The summed E-state index contributed by atoms with van der Waals surface area (Å²) in [5.74, 6) is 0. The Balaban J connectivity index is 1.71. The van der Waals surface area contributed by atoms with Crippen molar-refractivity contribution in [2.45, 2.75) is 13.0 Å². The lowest BCUT2D eigenvalue weighted by Crippen LogP contribution is -2.44. The van der Waals surface area contributed by atoms with Gasteiger partial charge in [-0.3, -0.25) is 4.90 Å². The molecule has 0 bridgehead atoms. The lowest BCUT2D eigenvalue weighted by atomic mass is 10.1. The number of benzene rings is 1. The van der Waals surface area contributed by atoms with Crippen LogP contribution >= 0.6 is 0 Å². The minimum Gasteiger partial charge on any atom is -0.379 e. The number of nitrogens with one attached hydrogen (secondary N) is 3. The first-order valence-electron chi connectivity index (χ1n) is 8.05. The number of nitrogens with zero attached hydrogens (tertiary/aromatic N) is 1. The number of amides is 4. The number of urea groups is 2. The number of primary amides is 1. The third-order valence-electron chi connectivity index (χ3n) is 3.84. The van der Waals surface area contributed by atoms with Crippen LogP contribution in [-0.4, -0.2) is 56.4 Å². The summed E-state index contributed by atoms with van der Waals surface area (Å²) in [4.78, 5) is 25.0. The topological polar surface area (TPSA) is 109 Å². The number of nitrogens with two attached hydrogens (primary N) is 1. The van der Waals surface area contributed by atoms with Crippen molar-refractivity contribution in [1.29, 1.82) is 0 Å². The zero-order chi connectivity index (χ0) is 17.4. The van der Waals surface area contributed by atoms with E-state index in [9.17, 15) is 9.59 Å². The first-order valence-corrected chi connectivity index (χ1v) is 8.05. The van der Waals surface area contributed by atoms with Crippen LogP contribution in [0.2, 0.25) is 0 Å². The summed E-state index contributed by atoms with van der Waals surface area (Å²) in [6.45, 7) is 6.64. The zero-order valence-corrected chi connectivity index (χ0v) is 13.9. The predicted molar refractivity (Wildman–Crippen MR) is 91.9 cm³/mol. The van der Waals surface area contributed by atoms with Crippen LogP contribution < -0.4 is 21.7 Å². The molecule has 1 aromatic rings. The van der Waals surface area contributed by atoms with Gasteiger partial charge >= 0.3 is 12.1 Å². The van der Waals surface area contributed by atoms with Crippen LogP contribution in [0.5, 0.6) is 0 Å². The minimum atomic E-state index is -0.603. The fraction of sp³-hybridized carbons (Fsp3) is 0.500. The van der Waals surface area contributed by atoms with E-state index >= 15 is 0 Å². The average Bonchev–Trinajstić information content (AvgIpc) is 2.56. The fourth-order valence-electron chi connectivity index (χ4n) is 2.48. The normalized spacial score (nSPS) is 16.2. The lowest BCUT2D eigenvalue weighted by molar-refractivity contribution is 0.0387. The molecule has 24 heavy (non-hydrogen) atoms. The fourth-order valence-corrected chi connectivity index (χ4v) is 2.48. The molecule has 0 spiro atoms. The number of carbonyl (C=O) groups excluding carboxylic acids is 2. The molecule has 0 radical (unpaired) electrons. The molecule has 1 aliphatic rings. The molecule has 8 nitrogen and oxygen atoms in total. The van der Waals surface area contributed by atoms with Crippen molar-refractivity contribution in [2.24, 2.45) is 5.73 Å². The van der Waals surface area contributed by atoms with E-state index in [4.69, 9.17) is 10.5 Å². The molecule has 5 N–H and O–H groups in total. The summed E-state index contributed by atoms with van der Waals surface area (Å²) >= 11 is 0. The monoisotopic (exact) mass is 335 g/mol. The maximum atomic E-state index is 11.9. The van der Waals surface area contributed by atoms with E-state index in [1.54, 1.807) is 12.1 Å². The van der Waals surface area contributed by atoms with E-state index in [0.717, 1.165) is 38.4 Å². The molecular formula is C16H25N5O3. The minimum absolute atomic E-state index is 0.143. The van der Waals surface area contributed by atoms with Crippen LogP contribution in [-0.2, 0) is 4.74 Å². The molecule has 0 aliphatic carbocycles. The molecule has 0 unspecified atom stereocenters.